The molecule has 1 unspecified atom stereocenters. The number of nitrogens with one attached hydrogen (secondary N) is 2. The molecule has 1 atom stereocenters. The Hall–Kier alpha value is -2.60. The molecule has 2 amide bonds. The molecule has 3 fully saturated rings. The van der Waals surface area contributed by atoms with Gasteiger partial charge in [0.15, 0.2) is 5.82 Å². The molecule has 2 N–H and O–H groups in total. The van der Waals surface area contributed by atoms with Crippen LogP contribution in [-0.4, -0.2) is 23.1 Å². The molecule has 7 heteroatoms. The van der Waals surface area contributed by atoms with Crippen molar-refractivity contribution in [1.29, 1.82) is 0 Å². The molecule has 0 saturated heterocycles. The van der Waals surface area contributed by atoms with Crippen molar-refractivity contribution in [3.8, 4) is 11.1 Å². The molecular weight excluding hydrogens is 443 g/mol. The van der Waals surface area contributed by atoms with Gasteiger partial charge in [-0.15, -0.1) is 0 Å². The van der Waals surface area contributed by atoms with Crippen LogP contribution >= 0.6 is 11.6 Å². The Balaban J connectivity index is 1.57. The van der Waals surface area contributed by atoms with E-state index in [2.05, 4.69) is 10.6 Å². The Kier molecular flexibility index (Phi) is 6.41. The maximum Gasteiger partial charge on any atom is 0.408 e. The number of anilines is 1. The number of hydrogen-bond acceptors (Lipinski definition) is 3. The van der Waals surface area contributed by atoms with Crippen molar-refractivity contribution in [1.82, 2.24) is 5.32 Å². The largest absolute Gasteiger partial charge is 0.444 e. The average molecular weight is 473 g/mol. The molecule has 0 spiro atoms. The van der Waals surface area contributed by atoms with Crippen molar-refractivity contribution in [2.24, 2.45) is 11.8 Å². The van der Waals surface area contributed by atoms with Gasteiger partial charge in [0.1, 0.15) is 5.60 Å². The fourth-order valence-corrected chi connectivity index (χ4v) is 5.39. The number of alkyl carbamates (subject to hydrolysis) is 1. The van der Waals surface area contributed by atoms with Gasteiger partial charge in [-0.2, -0.15) is 0 Å². The highest BCUT2D eigenvalue weighted by atomic mass is 35.5. The summed E-state index contributed by atoms with van der Waals surface area (Å²) in [6.07, 6.45) is 3.46. The highest BCUT2D eigenvalue weighted by molar-refractivity contribution is 6.33. The molecule has 0 aromatic heterocycles. The second kappa shape index (κ2) is 8.98. The lowest BCUT2D eigenvalue weighted by atomic mass is 9.59. The van der Waals surface area contributed by atoms with E-state index in [1.165, 1.54) is 0 Å². The van der Waals surface area contributed by atoms with Gasteiger partial charge in [-0.3, -0.25) is 4.79 Å². The zero-order chi connectivity index (χ0) is 23.8. The molecule has 176 valence electrons. The van der Waals surface area contributed by atoms with E-state index in [4.69, 9.17) is 16.3 Å². The van der Waals surface area contributed by atoms with E-state index >= 15 is 4.39 Å². The predicted molar refractivity (Wildman–Crippen MR) is 128 cm³/mol. The molecule has 2 bridgehead atoms. The molecule has 33 heavy (non-hydrogen) atoms. The van der Waals surface area contributed by atoms with Crippen molar-refractivity contribution < 1.29 is 18.7 Å². The number of amides is 2. The summed E-state index contributed by atoms with van der Waals surface area (Å²) in [6.45, 7) is 5.42. The van der Waals surface area contributed by atoms with Crippen LogP contribution < -0.4 is 10.6 Å². The fraction of sp³-hybridized carbons (Fsp3) is 0.462. The Labute approximate surface area is 199 Å². The summed E-state index contributed by atoms with van der Waals surface area (Å²) in [4.78, 5) is 26.0. The smallest absolute Gasteiger partial charge is 0.408 e. The summed E-state index contributed by atoms with van der Waals surface area (Å²) in [5.41, 5.74) is -0.325. The SMILES string of the molecule is CC(C)(C)OC(=O)NC12CCC(CC1)CC2C(=O)Nc1cccc(-c2ccccc2Cl)c1F. The molecule has 0 heterocycles. The third-order valence-electron chi connectivity index (χ3n) is 6.72. The van der Waals surface area contributed by atoms with Crippen molar-refractivity contribution in [2.45, 2.75) is 64.0 Å². The predicted octanol–water partition coefficient (Wildman–Crippen LogP) is 6.56. The van der Waals surface area contributed by atoms with E-state index in [1.807, 2.05) is 0 Å². The van der Waals surface area contributed by atoms with Gasteiger partial charge < -0.3 is 15.4 Å². The van der Waals surface area contributed by atoms with Crippen molar-refractivity contribution in [3.05, 3.63) is 53.3 Å². The first-order valence-corrected chi connectivity index (χ1v) is 11.8. The molecule has 5 rings (SSSR count). The average Bonchev–Trinajstić information content (AvgIpc) is 2.75. The van der Waals surface area contributed by atoms with E-state index < -0.39 is 29.0 Å². The van der Waals surface area contributed by atoms with Crippen LogP contribution in [0.4, 0.5) is 14.9 Å². The molecule has 0 radical (unpaired) electrons. The Morgan fingerprint density at radius 1 is 1.06 bits per heavy atom. The topological polar surface area (TPSA) is 67.4 Å². The van der Waals surface area contributed by atoms with Crippen molar-refractivity contribution in [3.63, 3.8) is 0 Å². The van der Waals surface area contributed by atoms with Crippen LogP contribution in [0.3, 0.4) is 0 Å². The molecule has 3 saturated carbocycles. The summed E-state index contributed by atoms with van der Waals surface area (Å²) in [5.74, 6) is -0.844. The quantitative estimate of drug-likeness (QED) is 0.529. The third-order valence-corrected chi connectivity index (χ3v) is 7.05. The van der Waals surface area contributed by atoms with Crippen LogP contribution in [0.2, 0.25) is 5.02 Å². The lowest BCUT2D eigenvalue weighted by molar-refractivity contribution is -0.127. The Morgan fingerprint density at radius 3 is 2.39 bits per heavy atom. The Bertz CT molecular complexity index is 1060. The lowest BCUT2D eigenvalue weighted by Crippen LogP contribution is -2.62. The maximum atomic E-state index is 15.4. The van der Waals surface area contributed by atoms with Crippen LogP contribution in [0, 0.1) is 17.7 Å². The monoisotopic (exact) mass is 472 g/mol. The minimum absolute atomic E-state index is 0.103. The molecule has 2 aromatic rings. The number of rotatable bonds is 4. The molecule has 5 nitrogen and oxygen atoms in total. The molecule has 3 aliphatic carbocycles. The van der Waals surface area contributed by atoms with Crippen LogP contribution in [0.5, 0.6) is 0 Å². The summed E-state index contributed by atoms with van der Waals surface area (Å²) >= 11 is 6.26. The minimum Gasteiger partial charge on any atom is -0.444 e. The zero-order valence-electron chi connectivity index (χ0n) is 19.2. The van der Waals surface area contributed by atoms with E-state index in [1.54, 1.807) is 63.2 Å². The van der Waals surface area contributed by atoms with Gasteiger partial charge in [-0.1, -0.05) is 41.9 Å². The summed E-state index contributed by atoms with van der Waals surface area (Å²) in [5, 5.41) is 6.25. The highest BCUT2D eigenvalue weighted by Gasteiger charge is 2.52. The number of ether oxygens (including phenoxy) is 1. The molecule has 3 aliphatic rings. The van der Waals surface area contributed by atoms with Gasteiger partial charge in [0.25, 0.3) is 0 Å². The summed E-state index contributed by atoms with van der Waals surface area (Å²) in [6, 6.07) is 11.9. The van der Waals surface area contributed by atoms with Gasteiger partial charge in [0.05, 0.1) is 17.1 Å². The van der Waals surface area contributed by atoms with E-state index in [0.29, 0.717) is 41.3 Å². The summed E-state index contributed by atoms with van der Waals surface area (Å²) in [7, 11) is 0. The first kappa shape index (κ1) is 23.6. The first-order valence-electron chi connectivity index (χ1n) is 11.4. The lowest BCUT2D eigenvalue weighted by Gasteiger charge is -2.51. The van der Waals surface area contributed by atoms with Gasteiger partial charge in [-0.05, 0) is 70.9 Å². The Morgan fingerprint density at radius 2 is 1.73 bits per heavy atom. The minimum atomic E-state index is -0.683. The molecular formula is C26H30ClFN2O3. The number of halogens is 2. The summed E-state index contributed by atoms with van der Waals surface area (Å²) < 4.78 is 20.9. The van der Waals surface area contributed by atoms with E-state index in [9.17, 15) is 9.59 Å². The molecule has 0 aliphatic heterocycles. The zero-order valence-corrected chi connectivity index (χ0v) is 20.0. The number of fused-ring (bicyclic) bond motifs is 3. The van der Waals surface area contributed by atoms with Crippen LogP contribution in [-0.2, 0) is 9.53 Å². The van der Waals surface area contributed by atoms with Gasteiger partial charge in [-0.25, -0.2) is 9.18 Å². The number of carbonyl (C=O) groups is 2. The number of benzene rings is 2. The highest BCUT2D eigenvalue weighted by Crippen LogP contribution is 2.48. The van der Waals surface area contributed by atoms with Crippen molar-refractivity contribution >= 4 is 29.3 Å². The molecule has 2 aromatic carbocycles. The second-order valence-corrected chi connectivity index (χ2v) is 10.6. The van der Waals surface area contributed by atoms with Crippen LogP contribution in [0.25, 0.3) is 11.1 Å². The standard InChI is InChI=1S/C26H30ClFN2O3/c1-25(2,3)33-24(32)30-26-13-11-16(12-14-26)15-19(26)23(31)29-21-10-6-8-18(22(21)28)17-7-4-5-9-20(17)27/h4-10,16,19H,11-15H2,1-3H3,(H,29,31)(H,30,32). The van der Waals surface area contributed by atoms with Crippen LogP contribution in [0.1, 0.15) is 52.9 Å². The van der Waals surface area contributed by atoms with E-state index in [0.717, 1.165) is 12.8 Å². The van der Waals surface area contributed by atoms with Crippen molar-refractivity contribution in [2.75, 3.05) is 5.32 Å². The van der Waals surface area contributed by atoms with Gasteiger partial charge in [0, 0.05) is 16.1 Å². The third kappa shape index (κ3) is 5.01. The second-order valence-electron chi connectivity index (χ2n) is 10.2. The van der Waals surface area contributed by atoms with Gasteiger partial charge in [0.2, 0.25) is 5.91 Å². The maximum absolute atomic E-state index is 15.4. The van der Waals surface area contributed by atoms with E-state index in [-0.39, 0.29) is 11.6 Å². The number of carbonyl (C=O) groups excluding carboxylic acids is 2. The van der Waals surface area contributed by atoms with Gasteiger partial charge >= 0.3 is 6.09 Å². The fourth-order valence-electron chi connectivity index (χ4n) is 5.15. The van der Waals surface area contributed by atoms with Crippen LogP contribution in [0.15, 0.2) is 42.5 Å². The number of hydrogen-bond donors (Lipinski definition) is 2. The first-order chi connectivity index (χ1) is 15.6. The normalized spacial score (nSPS) is 24.3.